The van der Waals surface area contributed by atoms with Gasteiger partial charge in [-0.2, -0.15) is 0 Å². The van der Waals surface area contributed by atoms with Crippen molar-refractivity contribution < 1.29 is 9.21 Å². The fourth-order valence-corrected chi connectivity index (χ4v) is 1.51. The molecular weight excluding hydrogens is 204 g/mol. The lowest BCUT2D eigenvalue weighted by Gasteiger charge is -2.03. The van der Waals surface area contributed by atoms with Gasteiger partial charge in [0, 0.05) is 12.0 Å². The van der Waals surface area contributed by atoms with Crippen molar-refractivity contribution >= 4 is 16.8 Å². The molecule has 82 valence electrons. The maximum Gasteiger partial charge on any atom is 0.200 e. The number of benzene rings is 1. The molecule has 3 nitrogen and oxygen atoms in total. The highest BCUT2D eigenvalue weighted by atomic mass is 16.3. The zero-order valence-corrected chi connectivity index (χ0v) is 9.19. The second kappa shape index (κ2) is 3.93. The molecule has 0 saturated heterocycles. The molecule has 0 amide bonds. The van der Waals surface area contributed by atoms with Crippen LogP contribution >= 0.6 is 0 Å². The van der Waals surface area contributed by atoms with Gasteiger partial charge in [-0.05, 0) is 12.1 Å². The molecule has 0 aliphatic carbocycles. The molecule has 0 N–H and O–H groups in total. The van der Waals surface area contributed by atoms with Crippen LogP contribution in [-0.4, -0.2) is 5.78 Å². The lowest BCUT2D eigenvalue weighted by atomic mass is 10.1. The average molecular weight is 216 g/mol. The van der Waals surface area contributed by atoms with Gasteiger partial charge in [-0.3, -0.25) is 9.59 Å². The van der Waals surface area contributed by atoms with Crippen LogP contribution in [0.2, 0.25) is 0 Å². The summed E-state index contributed by atoms with van der Waals surface area (Å²) in [6.07, 6.45) is 0. The first kappa shape index (κ1) is 10.6. The summed E-state index contributed by atoms with van der Waals surface area (Å²) >= 11 is 0. The minimum absolute atomic E-state index is 0.138. The van der Waals surface area contributed by atoms with Crippen LogP contribution in [0.5, 0.6) is 0 Å². The Morgan fingerprint density at radius 2 is 1.94 bits per heavy atom. The highest BCUT2D eigenvalue weighted by Crippen LogP contribution is 2.14. The van der Waals surface area contributed by atoms with E-state index >= 15 is 0 Å². The first-order chi connectivity index (χ1) is 7.59. The van der Waals surface area contributed by atoms with Gasteiger partial charge in [-0.15, -0.1) is 0 Å². The number of carbonyl (C=O) groups excluding carboxylic acids is 1. The van der Waals surface area contributed by atoms with Crippen LogP contribution < -0.4 is 5.43 Å². The second-order valence-electron chi connectivity index (χ2n) is 3.99. The Bertz CT molecular complexity index is 593. The quantitative estimate of drug-likeness (QED) is 0.725. The lowest BCUT2D eigenvalue weighted by Crippen LogP contribution is -2.11. The van der Waals surface area contributed by atoms with Crippen molar-refractivity contribution in [3.05, 3.63) is 46.3 Å². The predicted octanol–water partition coefficient (Wildman–Crippen LogP) is 2.63. The normalized spacial score (nSPS) is 10.9. The maximum atomic E-state index is 11.7. The Balaban J connectivity index is 2.67. The molecule has 0 radical (unpaired) electrons. The second-order valence-corrected chi connectivity index (χ2v) is 3.99. The van der Waals surface area contributed by atoms with E-state index < -0.39 is 0 Å². The molecule has 1 aromatic heterocycles. The van der Waals surface area contributed by atoms with Gasteiger partial charge in [0.05, 0.1) is 5.39 Å². The molecule has 0 fully saturated rings. The van der Waals surface area contributed by atoms with Crippen LogP contribution in [0.1, 0.15) is 24.4 Å². The van der Waals surface area contributed by atoms with Crippen LogP contribution in [0.15, 0.2) is 39.5 Å². The van der Waals surface area contributed by atoms with E-state index in [1.807, 2.05) is 0 Å². The van der Waals surface area contributed by atoms with E-state index in [0.717, 1.165) is 0 Å². The summed E-state index contributed by atoms with van der Waals surface area (Å²) in [5.74, 6) is -0.189. The molecule has 2 rings (SSSR count). The molecule has 0 saturated carbocycles. The molecule has 0 aliphatic heterocycles. The zero-order chi connectivity index (χ0) is 11.7. The first-order valence-corrected chi connectivity index (χ1v) is 5.16. The Hall–Kier alpha value is -1.90. The number of ketones is 1. The molecule has 3 heteroatoms. The number of para-hydroxylation sites is 1. The maximum absolute atomic E-state index is 11.7. The van der Waals surface area contributed by atoms with Gasteiger partial charge in [-0.1, -0.05) is 26.0 Å². The Kier molecular flexibility index (Phi) is 2.60. The minimum Gasteiger partial charge on any atom is -0.453 e. The van der Waals surface area contributed by atoms with Crippen molar-refractivity contribution in [3.63, 3.8) is 0 Å². The highest BCUT2D eigenvalue weighted by Gasteiger charge is 2.15. The fourth-order valence-electron chi connectivity index (χ4n) is 1.51. The van der Waals surface area contributed by atoms with E-state index in [2.05, 4.69) is 0 Å². The van der Waals surface area contributed by atoms with Crippen LogP contribution in [0.25, 0.3) is 11.0 Å². The number of Topliss-reactive ketones (excluding diaryl/α,β-unsaturated/α-hetero) is 1. The summed E-state index contributed by atoms with van der Waals surface area (Å²) in [6.45, 7) is 3.55. The van der Waals surface area contributed by atoms with Crippen molar-refractivity contribution in [2.24, 2.45) is 5.92 Å². The van der Waals surface area contributed by atoms with E-state index in [1.165, 1.54) is 6.07 Å². The van der Waals surface area contributed by atoms with Gasteiger partial charge in [-0.25, -0.2) is 0 Å². The third-order valence-electron chi connectivity index (χ3n) is 2.40. The van der Waals surface area contributed by atoms with E-state index in [0.29, 0.717) is 11.0 Å². The molecule has 0 spiro atoms. The standard InChI is InChI=1S/C13H12O3/c1-8(2)13(15)12-7-10(14)9-5-3-4-6-11(9)16-12/h3-8H,1-2H3. The van der Waals surface area contributed by atoms with Crippen LogP contribution in [0, 0.1) is 5.92 Å². The Labute approximate surface area is 92.7 Å². The molecule has 16 heavy (non-hydrogen) atoms. The van der Waals surface area contributed by atoms with Crippen molar-refractivity contribution in [1.82, 2.24) is 0 Å². The molecule has 1 heterocycles. The molecule has 0 bridgehead atoms. The fraction of sp³-hybridized carbons (Fsp3) is 0.231. The minimum atomic E-state index is -0.177. The number of hydrogen-bond acceptors (Lipinski definition) is 3. The summed E-state index contributed by atoms with van der Waals surface area (Å²) in [6, 6.07) is 8.18. The Morgan fingerprint density at radius 1 is 1.25 bits per heavy atom. The van der Waals surface area contributed by atoms with Crippen LogP contribution in [0.3, 0.4) is 0 Å². The zero-order valence-electron chi connectivity index (χ0n) is 9.19. The monoisotopic (exact) mass is 216 g/mol. The van der Waals surface area contributed by atoms with E-state index in [9.17, 15) is 9.59 Å². The van der Waals surface area contributed by atoms with Gasteiger partial charge in [0.15, 0.2) is 11.2 Å². The van der Waals surface area contributed by atoms with Crippen LogP contribution in [-0.2, 0) is 0 Å². The summed E-state index contributed by atoms with van der Waals surface area (Å²) < 4.78 is 5.42. The third-order valence-corrected chi connectivity index (χ3v) is 2.40. The largest absolute Gasteiger partial charge is 0.453 e. The van der Waals surface area contributed by atoms with E-state index in [1.54, 1.807) is 38.1 Å². The summed E-state index contributed by atoms with van der Waals surface area (Å²) in [5.41, 5.74) is 0.282. The van der Waals surface area contributed by atoms with Crippen LogP contribution in [0.4, 0.5) is 0 Å². The first-order valence-electron chi connectivity index (χ1n) is 5.16. The van der Waals surface area contributed by atoms with Crippen molar-refractivity contribution in [1.29, 1.82) is 0 Å². The van der Waals surface area contributed by atoms with Crippen molar-refractivity contribution in [3.8, 4) is 0 Å². The molecular formula is C13H12O3. The number of carbonyl (C=O) groups is 1. The molecule has 0 unspecified atom stereocenters. The molecule has 0 atom stereocenters. The van der Waals surface area contributed by atoms with E-state index in [-0.39, 0.29) is 22.9 Å². The average Bonchev–Trinajstić information content (AvgIpc) is 2.28. The summed E-state index contributed by atoms with van der Waals surface area (Å²) in [5, 5.41) is 0.503. The third kappa shape index (κ3) is 1.76. The van der Waals surface area contributed by atoms with Crippen molar-refractivity contribution in [2.75, 3.05) is 0 Å². The number of fused-ring (bicyclic) bond motifs is 1. The number of hydrogen-bond donors (Lipinski definition) is 0. The topological polar surface area (TPSA) is 47.3 Å². The highest BCUT2D eigenvalue weighted by molar-refractivity contribution is 5.96. The van der Waals surface area contributed by atoms with Gasteiger partial charge in [0.25, 0.3) is 0 Å². The number of rotatable bonds is 2. The summed E-state index contributed by atoms with van der Waals surface area (Å²) in [7, 11) is 0. The lowest BCUT2D eigenvalue weighted by molar-refractivity contribution is 0.0912. The Morgan fingerprint density at radius 3 is 2.62 bits per heavy atom. The molecule has 1 aromatic carbocycles. The van der Waals surface area contributed by atoms with Gasteiger partial charge in [0.1, 0.15) is 5.58 Å². The van der Waals surface area contributed by atoms with Crippen molar-refractivity contribution in [2.45, 2.75) is 13.8 Å². The SMILES string of the molecule is CC(C)C(=O)c1cc(=O)c2ccccc2o1. The molecule has 2 aromatic rings. The van der Waals surface area contributed by atoms with Gasteiger partial charge >= 0.3 is 0 Å². The van der Waals surface area contributed by atoms with E-state index in [4.69, 9.17) is 4.42 Å². The van der Waals surface area contributed by atoms with Gasteiger partial charge in [0.2, 0.25) is 5.78 Å². The van der Waals surface area contributed by atoms with Gasteiger partial charge < -0.3 is 4.42 Å². The molecule has 0 aliphatic rings. The predicted molar refractivity (Wildman–Crippen MR) is 61.7 cm³/mol. The smallest absolute Gasteiger partial charge is 0.200 e. The summed E-state index contributed by atoms with van der Waals surface area (Å²) in [4.78, 5) is 23.4.